The average molecular weight is 278 g/mol. The summed E-state index contributed by atoms with van der Waals surface area (Å²) in [5.41, 5.74) is 4.83. The summed E-state index contributed by atoms with van der Waals surface area (Å²) in [6.07, 6.45) is 2.18. The van der Waals surface area contributed by atoms with Crippen LogP contribution in [0.3, 0.4) is 0 Å². The van der Waals surface area contributed by atoms with Crippen LogP contribution in [0.2, 0.25) is 5.02 Å². The molecule has 0 atom stereocenters. The van der Waals surface area contributed by atoms with Gasteiger partial charge in [-0.05, 0) is 34.4 Å². The van der Waals surface area contributed by atoms with Crippen molar-refractivity contribution in [3.05, 3.63) is 101 Å². The van der Waals surface area contributed by atoms with Crippen molar-refractivity contribution < 1.29 is 0 Å². The molecule has 0 unspecified atom stereocenters. The van der Waals surface area contributed by atoms with Gasteiger partial charge in [0, 0.05) is 11.4 Å². The third-order valence-electron chi connectivity index (χ3n) is 3.24. The summed E-state index contributed by atoms with van der Waals surface area (Å²) in [7, 11) is 0. The van der Waals surface area contributed by atoms with E-state index in [4.69, 9.17) is 11.6 Å². The van der Waals surface area contributed by atoms with Crippen LogP contribution >= 0.6 is 11.6 Å². The quantitative estimate of drug-likeness (QED) is 0.584. The Bertz CT molecular complexity index is 684. The number of rotatable bonds is 3. The lowest BCUT2D eigenvalue weighted by atomic mass is 9.95. The van der Waals surface area contributed by atoms with Crippen molar-refractivity contribution in [2.45, 2.75) is 0 Å². The zero-order valence-electron chi connectivity index (χ0n) is 11.0. The first-order valence-electron chi connectivity index (χ1n) is 6.58. The fraction of sp³-hybridized carbons (Fsp3) is 0. The van der Waals surface area contributed by atoms with Gasteiger partial charge in [-0.2, -0.15) is 0 Å². The molecule has 20 heavy (non-hydrogen) atoms. The van der Waals surface area contributed by atoms with E-state index in [1.54, 1.807) is 0 Å². The second kappa shape index (κ2) is 5.94. The van der Waals surface area contributed by atoms with Gasteiger partial charge in [0.2, 0.25) is 0 Å². The minimum absolute atomic E-state index is 0.762. The highest BCUT2D eigenvalue weighted by atomic mass is 35.5. The van der Waals surface area contributed by atoms with Crippen molar-refractivity contribution in [2.75, 3.05) is 0 Å². The molecule has 0 aliphatic carbocycles. The van der Waals surface area contributed by atoms with Crippen LogP contribution < -0.4 is 0 Å². The minimum Gasteiger partial charge on any atom is -0.0843 e. The van der Waals surface area contributed by atoms with E-state index in [0.717, 1.165) is 10.6 Å². The molecule has 0 saturated carbocycles. The summed E-state index contributed by atoms with van der Waals surface area (Å²) in [4.78, 5) is 0. The smallest absolute Gasteiger partial charge is 0.0406 e. The summed E-state index contributed by atoms with van der Waals surface area (Å²) >= 11 is 5.93. The van der Waals surface area contributed by atoms with E-state index in [9.17, 15) is 0 Å². The molecule has 0 fully saturated rings. The molecule has 1 heteroatoms. The molecule has 3 rings (SSSR count). The summed E-state index contributed by atoms with van der Waals surface area (Å²) < 4.78 is 0. The van der Waals surface area contributed by atoms with E-state index in [0.29, 0.717) is 0 Å². The molecule has 0 saturated heterocycles. The van der Waals surface area contributed by atoms with Crippen molar-refractivity contribution in [1.82, 2.24) is 0 Å². The molecule has 0 N–H and O–H groups in total. The van der Waals surface area contributed by atoms with E-state index in [-0.39, 0.29) is 0 Å². The number of hydrogen-bond donors (Lipinski definition) is 0. The zero-order valence-corrected chi connectivity index (χ0v) is 11.7. The molecule has 0 spiro atoms. The molecular weight excluding hydrogens is 264 g/mol. The lowest BCUT2D eigenvalue weighted by Gasteiger charge is -2.09. The predicted octanol–water partition coefficient (Wildman–Crippen LogP) is 5.61. The van der Waals surface area contributed by atoms with Gasteiger partial charge in [-0.15, -0.1) is 0 Å². The Kier molecular flexibility index (Phi) is 3.85. The fourth-order valence-electron chi connectivity index (χ4n) is 2.24. The third kappa shape index (κ3) is 2.92. The molecule has 0 nitrogen and oxygen atoms in total. The summed E-state index contributed by atoms with van der Waals surface area (Å²) in [5.74, 6) is 0. The van der Waals surface area contributed by atoms with Gasteiger partial charge in [0.05, 0.1) is 0 Å². The zero-order chi connectivity index (χ0) is 13.8. The van der Waals surface area contributed by atoms with Gasteiger partial charge in [0.15, 0.2) is 0 Å². The van der Waals surface area contributed by atoms with Gasteiger partial charge in [-0.25, -0.2) is 0 Å². The topological polar surface area (TPSA) is 0 Å². The highest BCUT2D eigenvalue weighted by Gasteiger charge is 2.05. The Morgan fingerprint density at radius 1 is 0.650 bits per heavy atom. The van der Waals surface area contributed by atoms with E-state index in [1.165, 1.54) is 16.7 Å². The summed E-state index contributed by atoms with van der Waals surface area (Å²) in [6.45, 7) is 0. The Morgan fingerprint density at radius 3 is 2.05 bits per heavy atom. The van der Waals surface area contributed by atoms with Gasteiger partial charge in [-0.3, -0.25) is 0 Å². The van der Waals surface area contributed by atoms with Crippen LogP contribution in [0.25, 0.3) is 11.1 Å². The first-order chi connectivity index (χ1) is 9.83. The van der Waals surface area contributed by atoms with E-state index in [2.05, 4.69) is 55.0 Å². The van der Waals surface area contributed by atoms with Crippen LogP contribution in [0.4, 0.5) is 0 Å². The van der Waals surface area contributed by atoms with Gasteiger partial charge in [0.25, 0.3) is 0 Å². The summed E-state index contributed by atoms with van der Waals surface area (Å²) in [5, 5.41) is 0.762. The maximum Gasteiger partial charge on any atom is 0.0406 e. The molecule has 1 radical (unpaired) electrons. The van der Waals surface area contributed by atoms with Crippen molar-refractivity contribution in [3.63, 3.8) is 0 Å². The van der Waals surface area contributed by atoms with Gasteiger partial charge >= 0.3 is 0 Å². The van der Waals surface area contributed by atoms with Crippen molar-refractivity contribution >= 4 is 11.6 Å². The van der Waals surface area contributed by atoms with Crippen LogP contribution in [0.1, 0.15) is 11.1 Å². The average Bonchev–Trinajstić information content (AvgIpc) is 2.51. The summed E-state index contributed by atoms with van der Waals surface area (Å²) in [6, 6.07) is 26.7. The first kappa shape index (κ1) is 13.0. The maximum absolute atomic E-state index is 5.93. The third-order valence-corrected chi connectivity index (χ3v) is 3.49. The fourth-order valence-corrected chi connectivity index (χ4v) is 2.37. The molecule has 0 aliphatic rings. The molecule has 97 valence electrons. The van der Waals surface area contributed by atoms with E-state index in [1.807, 2.05) is 30.3 Å². The number of halogens is 1. The van der Waals surface area contributed by atoms with Crippen LogP contribution in [-0.2, 0) is 0 Å². The van der Waals surface area contributed by atoms with Crippen molar-refractivity contribution in [2.24, 2.45) is 0 Å². The lowest BCUT2D eigenvalue weighted by Crippen LogP contribution is -1.89. The molecular formula is C19H14Cl. The molecule has 0 amide bonds. The normalized spacial score (nSPS) is 10.4. The molecule has 0 aromatic heterocycles. The maximum atomic E-state index is 5.93. The highest BCUT2D eigenvalue weighted by molar-refractivity contribution is 6.30. The number of benzene rings is 3. The lowest BCUT2D eigenvalue weighted by molar-refractivity contribution is 1.43. The molecule has 0 heterocycles. The second-order valence-corrected chi connectivity index (χ2v) is 5.09. The Labute approximate surface area is 124 Å². The van der Waals surface area contributed by atoms with Gasteiger partial charge in [-0.1, -0.05) is 78.3 Å². The first-order valence-corrected chi connectivity index (χ1v) is 6.95. The molecule has 0 bridgehead atoms. The van der Waals surface area contributed by atoms with Gasteiger partial charge in [0.1, 0.15) is 0 Å². The second-order valence-electron chi connectivity index (χ2n) is 4.65. The van der Waals surface area contributed by atoms with Gasteiger partial charge < -0.3 is 0 Å². The predicted molar refractivity (Wildman–Crippen MR) is 85.8 cm³/mol. The SMILES string of the molecule is Clc1ccc([CH]c2ccccc2-c2ccccc2)cc1. The van der Waals surface area contributed by atoms with Crippen molar-refractivity contribution in [1.29, 1.82) is 0 Å². The largest absolute Gasteiger partial charge is 0.0843 e. The van der Waals surface area contributed by atoms with Crippen molar-refractivity contribution in [3.8, 4) is 11.1 Å². The molecule has 3 aromatic carbocycles. The highest BCUT2D eigenvalue weighted by Crippen LogP contribution is 2.26. The molecule has 3 aromatic rings. The van der Waals surface area contributed by atoms with Crippen LogP contribution in [0.5, 0.6) is 0 Å². The minimum atomic E-state index is 0.762. The van der Waals surface area contributed by atoms with Crippen LogP contribution in [0, 0.1) is 6.42 Å². The van der Waals surface area contributed by atoms with Crippen LogP contribution in [0.15, 0.2) is 78.9 Å². The monoisotopic (exact) mass is 277 g/mol. The Morgan fingerprint density at radius 2 is 1.30 bits per heavy atom. The Hall–Kier alpha value is -2.05. The Balaban J connectivity index is 1.96. The van der Waals surface area contributed by atoms with E-state index < -0.39 is 0 Å². The van der Waals surface area contributed by atoms with E-state index >= 15 is 0 Å². The number of hydrogen-bond acceptors (Lipinski definition) is 0. The van der Waals surface area contributed by atoms with Crippen LogP contribution in [-0.4, -0.2) is 0 Å². The standard InChI is InChI=1S/C19H14Cl/c20-18-12-10-15(11-13-18)14-17-8-4-5-9-19(17)16-6-2-1-3-7-16/h1-14H. The molecule has 0 aliphatic heterocycles.